The summed E-state index contributed by atoms with van der Waals surface area (Å²) >= 11 is 0. The average molecular weight is 329 g/mol. The summed E-state index contributed by atoms with van der Waals surface area (Å²) in [5.74, 6) is -0.403. The summed E-state index contributed by atoms with van der Waals surface area (Å²) in [4.78, 5) is 4.00. The summed E-state index contributed by atoms with van der Waals surface area (Å²) in [7, 11) is -7.35. The van der Waals surface area contributed by atoms with Crippen molar-refractivity contribution in [1.29, 1.82) is 0 Å². The monoisotopic (exact) mass is 329 g/mol. The number of aromatic nitrogens is 1. The van der Waals surface area contributed by atoms with Crippen LogP contribution in [-0.2, 0) is 25.4 Å². The largest absolute Gasteiger partial charge is 0.429 e. The van der Waals surface area contributed by atoms with Gasteiger partial charge in [-0.1, -0.05) is 17.7 Å². The summed E-state index contributed by atoms with van der Waals surface area (Å²) in [5, 5.41) is -0.393. The highest BCUT2D eigenvalue weighted by molar-refractivity contribution is 7.91. The molecule has 1 heterocycles. The molecular formula is C13H15NO5S2. The summed E-state index contributed by atoms with van der Waals surface area (Å²) < 4.78 is 52.9. The van der Waals surface area contributed by atoms with Gasteiger partial charge >= 0.3 is 0 Å². The van der Waals surface area contributed by atoms with Gasteiger partial charge in [0.05, 0.1) is 4.90 Å². The Morgan fingerprint density at radius 3 is 2.14 bits per heavy atom. The first kappa shape index (κ1) is 15.7. The van der Waals surface area contributed by atoms with Gasteiger partial charge in [0.15, 0.2) is 15.7 Å². The van der Waals surface area contributed by atoms with Crippen molar-refractivity contribution in [3.63, 3.8) is 0 Å². The highest BCUT2D eigenvalue weighted by Crippen LogP contribution is 2.22. The standard InChI is InChI=1S/C13H15NO5S2/c1-9-4-6-11(7-5-9)21(17,18)8-12-13(20(3,15)16)19-10(2)14-12/h4-7H,8H2,1-3H3. The Bertz CT molecular complexity index is 862. The molecule has 21 heavy (non-hydrogen) atoms. The van der Waals surface area contributed by atoms with E-state index >= 15 is 0 Å². The van der Waals surface area contributed by atoms with E-state index in [1.165, 1.54) is 19.1 Å². The van der Waals surface area contributed by atoms with Crippen LogP contribution in [0.15, 0.2) is 38.7 Å². The second kappa shape index (κ2) is 5.27. The molecular weight excluding hydrogens is 314 g/mol. The fraction of sp³-hybridized carbons (Fsp3) is 0.308. The molecule has 0 saturated carbocycles. The quantitative estimate of drug-likeness (QED) is 0.847. The van der Waals surface area contributed by atoms with E-state index < -0.39 is 30.5 Å². The third-order valence-corrected chi connectivity index (χ3v) is 5.45. The maximum absolute atomic E-state index is 12.3. The van der Waals surface area contributed by atoms with Gasteiger partial charge in [-0.25, -0.2) is 21.8 Å². The lowest BCUT2D eigenvalue weighted by molar-refractivity contribution is 0.422. The van der Waals surface area contributed by atoms with Crippen LogP contribution in [0.2, 0.25) is 0 Å². The SMILES string of the molecule is Cc1ccc(S(=O)(=O)Cc2nc(C)oc2S(C)(=O)=O)cc1. The topological polar surface area (TPSA) is 94.3 Å². The molecule has 0 fully saturated rings. The van der Waals surface area contributed by atoms with Gasteiger partial charge in [-0.15, -0.1) is 0 Å². The van der Waals surface area contributed by atoms with Crippen molar-refractivity contribution in [3.8, 4) is 0 Å². The van der Waals surface area contributed by atoms with Crippen molar-refractivity contribution in [2.75, 3.05) is 6.26 Å². The lowest BCUT2D eigenvalue weighted by Gasteiger charge is -2.04. The minimum absolute atomic E-state index is 0.0874. The van der Waals surface area contributed by atoms with Crippen LogP contribution < -0.4 is 0 Å². The number of benzene rings is 1. The second-order valence-electron chi connectivity index (χ2n) is 4.81. The zero-order valence-electron chi connectivity index (χ0n) is 11.8. The van der Waals surface area contributed by atoms with Gasteiger partial charge in [-0.3, -0.25) is 0 Å². The number of nitrogens with zero attached hydrogens (tertiary/aromatic N) is 1. The fourth-order valence-corrected chi connectivity index (χ4v) is 4.02. The van der Waals surface area contributed by atoms with Gasteiger partial charge in [0.25, 0.3) is 0 Å². The van der Waals surface area contributed by atoms with Crippen molar-refractivity contribution in [3.05, 3.63) is 41.4 Å². The fourth-order valence-electron chi connectivity index (χ4n) is 1.84. The second-order valence-corrected chi connectivity index (χ2v) is 8.72. The van der Waals surface area contributed by atoms with Crippen LogP contribution in [-0.4, -0.2) is 28.1 Å². The summed E-state index contributed by atoms with van der Waals surface area (Å²) in [6.07, 6.45) is 0.953. The molecule has 0 saturated heterocycles. The van der Waals surface area contributed by atoms with Crippen molar-refractivity contribution >= 4 is 19.7 Å². The Morgan fingerprint density at radius 2 is 1.62 bits per heavy atom. The Morgan fingerprint density at radius 1 is 1.05 bits per heavy atom. The van der Waals surface area contributed by atoms with Crippen molar-refractivity contribution in [2.24, 2.45) is 0 Å². The van der Waals surface area contributed by atoms with E-state index in [9.17, 15) is 16.8 Å². The first-order valence-corrected chi connectivity index (χ1v) is 9.60. The Balaban J connectivity index is 2.44. The van der Waals surface area contributed by atoms with Crippen molar-refractivity contribution in [2.45, 2.75) is 29.6 Å². The minimum Gasteiger partial charge on any atom is -0.429 e. The van der Waals surface area contributed by atoms with E-state index in [0.29, 0.717) is 0 Å². The highest BCUT2D eigenvalue weighted by Gasteiger charge is 2.26. The zero-order chi connectivity index (χ0) is 15.8. The van der Waals surface area contributed by atoms with Gasteiger partial charge in [-0.05, 0) is 19.1 Å². The molecule has 0 radical (unpaired) electrons. The van der Waals surface area contributed by atoms with Crippen LogP contribution in [0.25, 0.3) is 0 Å². The predicted molar refractivity (Wildman–Crippen MR) is 76.4 cm³/mol. The molecule has 1 aromatic carbocycles. The first-order chi connectivity index (χ1) is 9.59. The number of sulfone groups is 2. The molecule has 0 spiro atoms. The first-order valence-electron chi connectivity index (χ1n) is 6.05. The zero-order valence-corrected chi connectivity index (χ0v) is 13.5. The van der Waals surface area contributed by atoms with Crippen LogP contribution in [0.5, 0.6) is 0 Å². The molecule has 0 atom stereocenters. The number of rotatable bonds is 4. The maximum atomic E-state index is 12.3. The third kappa shape index (κ3) is 3.51. The predicted octanol–water partition coefficient (Wildman–Crippen LogP) is 1.67. The molecule has 0 amide bonds. The van der Waals surface area contributed by atoms with E-state index in [0.717, 1.165) is 11.8 Å². The molecule has 2 rings (SSSR count). The minimum atomic E-state index is -3.69. The average Bonchev–Trinajstić information content (AvgIpc) is 2.69. The summed E-state index contributed by atoms with van der Waals surface area (Å²) in [6, 6.07) is 6.33. The molecule has 8 heteroatoms. The van der Waals surface area contributed by atoms with E-state index in [1.54, 1.807) is 12.1 Å². The molecule has 1 aromatic heterocycles. The Kier molecular flexibility index (Phi) is 3.94. The van der Waals surface area contributed by atoms with Crippen LogP contribution in [0.1, 0.15) is 17.1 Å². The van der Waals surface area contributed by atoms with E-state index in [1.807, 2.05) is 6.92 Å². The molecule has 0 aliphatic heterocycles. The maximum Gasteiger partial charge on any atom is 0.242 e. The van der Waals surface area contributed by atoms with Gasteiger partial charge in [0, 0.05) is 13.2 Å². The number of hydrogen-bond donors (Lipinski definition) is 0. The molecule has 0 aliphatic rings. The number of oxazole rings is 1. The molecule has 0 N–H and O–H groups in total. The normalized spacial score (nSPS) is 12.5. The number of aryl methyl sites for hydroxylation is 2. The lowest BCUT2D eigenvalue weighted by atomic mass is 10.2. The van der Waals surface area contributed by atoms with Crippen LogP contribution in [0.4, 0.5) is 0 Å². The van der Waals surface area contributed by atoms with Crippen LogP contribution in [0, 0.1) is 13.8 Å². The van der Waals surface area contributed by atoms with Crippen molar-refractivity contribution in [1.82, 2.24) is 4.98 Å². The summed E-state index contributed by atoms with van der Waals surface area (Å²) in [6.45, 7) is 3.32. The molecule has 2 aromatic rings. The van der Waals surface area contributed by atoms with E-state index in [4.69, 9.17) is 4.42 Å². The van der Waals surface area contributed by atoms with Gasteiger partial charge in [0.1, 0.15) is 11.4 Å². The summed E-state index contributed by atoms with van der Waals surface area (Å²) in [5.41, 5.74) is 0.846. The van der Waals surface area contributed by atoms with Gasteiger partial charge in [0.2, 0.25) is 14.9 Å². The number of hydrogen-bond acceptors (Lipinski definition) is 6. The highest BCUT2D eigenvalue weighted by atomic mass is 32.2. The Labute approximate surface area is 123 Å². The van der Waals surface area contributed by atoms with Crippen LogP contribution in [0.3, 0.4) is 0 Å². The molecule has 0 aliphatic carbocycles. The molecule has 0 bridgehead atoms. The smallest absolute Gasteiger partial charge is 0.242 e. The van der Waals surface area contributed by atoms with Gasteiger partial charge < -0.3 is 4.42 Å². The van der Waals surface area contributed by atoms with Gasteiger partial charge in [-0.2, -0.15) is 0 Å². The Hall–Kier alpha value is -1.67. The van der Waals surface area contributed by atoms with Crippen molar-refractivity contribution < 1.29 is 21.3 Å². The van der Waals surface area contributed by atoms with E-state index in [2.05, 4.69) is 4.98 Å². The van der Waals surface area contributed by atoms with E-state index in [-0.39, 0.29) is 16.5 Å². The third-order valence-electron chi connectivity index (χ3n) is 2.81. The van der Waals surface area contributed by atoms with Crippen LogP contribution >= 0.6 is 0 Å². The lowest BCUT2D eigenvalue weighted by Crippen LogP contribution is -2.09. The molecule has 0 unspecified atom stereocenters. The molecule has 114 valence electrons. The molecule has 6 nitrogen and oxygen atoms in total.